The van der Waals surface area contributed by atoms with Gasteiger partial charge in [-0.3, -0.25) is 0 Å². The fourth-order valence-corrected chi connectivity index (χ4v) is 3.59. The Labute approximate surface area is 142 Å². The van der Waals surface area contributed by atoms with E-state index in [0.29, 0.717) is 5.92 Å². The van der Waals surface area contributed by atoms with Crippen LogP contribution in [0.5, 0.6) is 0 Å². The molecule has 2 aliphatic rings. The van der Waals surface area contributed by atoms with Gasteiger partial charge < -0.3 is 14.4 Å². The molecule has 0 radical (unpaired) electrons. The summed E-state index contributed by atoms with van der Waals surface area (Å²) in [6.07, 6.45) is 2.53. The van der Waals surface area contributed by atoms with Crippen molar-refractivity contribution >= 4 is 17.9 Å². The number of para-hydroxylation sites is 1. The van der Waals surface area contributed by atoms with Gasteiger partial charge in [0.05, 0.1) is 26.2 Å². The molecule has 0 atom stereocenters. The molecular weight excluding hydrogens is 306 g/mol. The number of aromatic nitrogens is 3. The summed E-state index contributed by atoms with van der Waals surface area (Å²) in [5.41, 5.74) is 1.33. The first kappa shape index (κ1) is 14.9. The summed E-state index contributed by atoms with van der Waals surface area (Å²) in [7, 11) is 2.06. The van der Waals surface area contributed by atoms with E-state index in [0.717, 1.165) is 37.6 Å². The van der Waals surface area contributed by atoms with Gasteiger partial charge >= 0.3 is 0 Å². The highest BCUT2D eigenvalue weighted by molar-refractivity contribution is 7.71. The van der Waals surface area contributed by atoms with E-state index in [2.05, 4.69) is 46.8 Å². The molecule has 23 heavy (non-hydrogen) atoms. The van der Waals surface area contributed by atoms with Gasteiger partial charge in [-0.25, -0.2) is 0 Å². The Kier molecular flexibility index (Phi) is 3.95. The zero-order chi connectivity index (χ0) is 15.8. The van der Waals surface area contributed by atoms with Crippen molar-refractivity contribution in [1.82, 2.24) is 14.3 Å². The van der Waals surface area contributed by atoms with Gasteiger partial charge in [-0.1, -0.05) is 18.2 Å². The van der Waals surface area contributed by atoms with E-state index in [4.69, 9.17) is 17.3 Å². The number of nitrogens with zero attached hydrogens (tertiary/aromatic N) is 4. The van der Waals surface area contributed by atoms with Gasteiger partial charge in [0.1, 0.15) is 5.82 Å². The van der Waals surface area contributed by atoms with Gasteiger partial charge in [0, 0.05) is 18.7 Å². The number of piperazine rings is 1. The third-order valence-electron chi connectivity index (χ3n) is 4.98. The van der Waals surface area contributed by atoms with Crippen LogP contribution in [0, 0.1) is 4.77 Å². The van der Waals surface area contributed by atoms with Crippen molar-refractivity contribution in [2.45, 2.75) is 25.4 Å². The predicted octanol–water partition coefficient (Wildman–Crippen LogP) is 1.19. The Morgan fingerprint density at radius 2 is 1.87 bits per heavy atom. The number of anilines is 1. The Balaban J connectivity index is 1.40. The average molecular weight is 330 g/mol. The van der Waals surface area contributed by atoms with Gasteiger partial charge in [-0.15, -0.1) is 0 Å². The Morgan fingerprint density at radius 3 is 2.52 bits per heavy atom. The lowest BCUT2D eigenvalue weighted by Gasteiger charge is -2.33. The van der Waals surface area contributed by atoms with Crippen molar-refractivity contribution in [3.05, 3.63) is 40.9 Å². The molecule has 6 heteroatoms. The molecule has 0 bridgehead atoms. The quantitative estimate of drug-likeness (QED) is 0.855. The van der Waals surface area contributed by atoms with Crippen molar-refractivity contribution < 1.29 is 4.90 Å². The van der Waals surface area contributed by atoms with Gasteiger partial charge in [0.25, 0.3) is 0 Å². The van der Waals surface area contributed by atoms with Crippen molar-refractivity contribution in [1.29, 1.82) is 0 Å². The Bertz CT molecular complexity index is 723. The number of hydrogen-bond acceptors (Lipinski definition) is 3. The molecule has 2 aromatic rings. The van der Waals surface area contributed by atoms with Crippen LogP contribution in [0.2, 0.25) is 0 Å². The van der Waals surface area contributed by atoms with E-state index in [-0.39, 0.29) is 0 Å². The first-order valence-electron chi connectivity index (χ1n) is 8.49. The molecule has 0 amide bonds. The van der Waals surface area contributed by atoms with Crippen LogP contribution in [0.25, 0.3) is 0 Å². The van der Waals surface area contributed by atoms with Crippen molar-refractivity contribution in [2.24, 2.45) is 7.05 Å². The maximum atomic E-state index is 5.57. The maximum absolute atomic E-state index is 5.57. The number of hydrogen-bond donors (Lipinski definition) is 1. The molecule has 4 rings (SSSR count). The summed E-state index contributed by atoms with van der Waals surface area (Å²) < 4.78 is 5.01. The summed E-state index contributed by atoms with van der Waals surface area (Å²) in [4.78, 5) is 4.03. The van der Waals surface area contributed by atoms with E-state index in [9.17, 15) is 0 Å². The van der Waals surface area contributed by atoms with E-state index in [1.54, 1.807) is 4.90 Å². The molecule has 0 unspecified atom stereocenters. The third-order valence-corrected chi connectivity index (χ3v) is 5.47. The summed E-state index contributed by atoms with van der Waals surface area (Å²) in [6, 6.07) is 10.7. The normalized spacial score (nSPS) is 19.3. The molecule has 122 valence electrons. The van der Waals surface area contributed by atoms with Crippen LogP contribution in [-0.2, 0) is 13.7 Å². The smallest absolute Gasteiger partial charge is 0.202 e. The minimum absolute atomic E-state index is 0.646. The molecule has 2 fully saturated rings. The van der Waals surface area contributed by atoms with E-state index in [1.165, 1.54) is 24.4 Å². The van der Waals surface area contributed by atoms with Gasteiger partial charge in [-0.05, 0) is 37.2 Å². The lowest BCUT2D eigenvalue weighted by Crippen LogP contribution is -3.14. The van der Waals surface area contributed by atoms with Gasteiger partial charge in [0.2, 0.25) is 4.77 Å². The fraction of sp³-hybridized carbons (Fsp3) is 0.529. The minimum Gasteiger partial charge on any atom is -0.360 e. The first-order valence-corrected chi connectivity index (χ1v) is 8.90. The Morgan fingerprint density at radius 1 is 1.17 bits per heavy atom. The summed E-state index contributed by atoms with van der Waals surface area (Å²) in [5.74, 6) is 1.82. The second-order valence-electron chi connectivity index (χ2n) is 6.70. The summed E-state index contributed by atoms with van der Waals surface area (Å²) in [6.45, 7) is 5.34. The second kappa shape index (κ2) is 6.09. The molecule has 2 heterocycles. The van der Waals surface area contributed by atoms with Crippen LogP contribution in [0.4, 0.5) is 5.69 Å². The largest absolute Gasteiger partial charge is 0.360 e. The van der Waals surface area contributed by atoms with Crippen LogP contribution in [0.3, 0.4) is 0 Å². The van der Waals surface area contributed by atoms with E-state index in [1.807, 2.05) is 4.68 Å². The minimum atomic E-state index is 0.646. The highest BCUT2D eigenvalue weighted by atomic mass is 32.1. The molecule has 1 aliphatic heterocycles. The van der Waals surface area contributed by atoms with Crippen LogP contribution in [0.1, 0.15) is 24.6 Å². The summed E-state index contributed by atoms with van der Waals surface area (Å²) in [5, 5.41) is 4.78. The molecule has 1 aromatic heterocycles. The molecule has 1 aliphatic carbocycles. The van der Waals surface area contributed by atoms with Gasteiger partial charge in [-0.2, -0.15) is 9.78 Å². The molecule has 0 spiro atoms. The molecule has 1 saturated heterocycles. The average Bonchev–Trinajstić information content (AvgIpc) is 3.39. The summed E-state index contributed by atoms with van der Waals surface area (Å²) >= 11 is 5.57. The fourth-order valence-electron chi connectivity index (χ4n) is 3.39. The molecule has 1 aromatic carbocycles. The van der Waals surface area contributed by atoms with Crippen LogP contribution in [-0.4, -0.2) is 40.5 Å². The highest BCUT2D eigenvalue weighted by Crippen LogP contribution is 2.38. The number of rotatable bonds is 4. The Hall–Kier alpha value is -1.66. The third kappa shape index (κ3) is 3.05. The van der Waals surface area contributed by atoms with Crippen LogP contribution >= 0.6 is 12.2 Å². The first-order chi connectivity index (χ1) is 11.2. The second-order valence-corrected chi connectivity index (χ2v) is 7.07. The monoisotopic (exact) mass is 330 g/mol. The van der Waals surface area contributed by atoms with E-state index < -0.39 is 0 Å². The van der Waals surface area contributed by atoms with E-state index >= 15 is 0 Å². The number of nitrogens with one attached hydrogen (secondary N) is 1. The lowest BCUT2D eigenvalue weighted by molar-refractivity contribution is -0.924. The molecule has 1 N–H and O–H groups in total. The molecule has 1 saturated carbocycles. The standard InChI is InChI=1S/C17H23N5S/c1-19-16(14-7-8-14)18-22(17(19)23)13-20-9-11-21(12-10-20)15-5-3-2-4-6-15/h2-6,14H,7-13H2,1H3/p+1. The molecular formula is C17H24N5S+. The SMILES string of the molecule is Cn1c(C2CC2)nn(C[NH+]2CCN(c3ccccc3)CC2)c1=S. The lowest BCUT2D eigenvalue weighted by atomic mass is 10.2. The van der Waals surface area contributed by atoms with Gasteiger partial charge in [0.15, 0.2) is 6.67 Å². The number of quaternary nitrogens is 1. The zero-order valence-electron chi connectivity index (χ0n) is 13.6. The molecule has 5 nitrogen and oxygen atoms in total. The predicted molar refractivity (Wildman–Crippen MR) is 93.4 cm³/mol. The van der Waals surface area contributed by atoms with Crippen LogP contribution in [0.15, 0.2) is 30.3 Å². The topological polar surface area (TPSA) is 30.4 Å². The van der Waals surface area contributed by atoms with Crippen molar-refractivity contribution in [2.75, 3.05) is 31.1 Å². The maximum Gasteiger partial charge on any atom is 0.202 e. The van der Waals surface area contributed by atoms with Crippen molar-refractivity contribution in [3.8, 4) is 0 Å². The van der Waals surface area contributed by atoms with Crippen LogP contribution < -0.4 is 9.80 Å². The number of benzene rings is 1. The van der Waals surface area contributed by atoms with Crippen molar-refractivity contribution in [3.63, 3.8) is 0 Å². The highest BCUT2D eigenvalue weighted by Gasteiger charge is 2.30. The zero-order valence-corrected chi connectivity index (χ0v) is 14.4.